The second-order valence-electron chi connectivity index (χ2n) is 9.58. The molecule has 0 aliphatic carbocycles. The lowest BCUT2D eigenvalue weighted by Gasteiger charge is -2.34. The van der Waals surface area contributed by atoms with E-state index in [-0.39, 0.29) is 17.4 Å². The van der Waals surface area contributed by atoms with Crippen LogP contribution in [0.4, 0.5) is 11.5 Å². The summed E-state index contributed by atoms with van der Waals surface area (Å²) in [7, 11) is 7.38. The molecule has 0 unspecified atom stereocenters. The van der Waals surface area contributed by atoms with E-state index in [0.29, 0.717) is 17.0 Å². The van der Waals surface area contributed by atoms with Crippen LogP contribution < -0.4 is 24.4 Å². The highest BCUT2D eigenvalue weighted by molar-refractivity contribution is 6.28. The minimum atomic E-state index is 0.129. The zero-order valence-electron chi connectivity index (χ0n) is 22.0. The molecule has 4 rings (SSSR count). The Hall–Kier alpha value is -2.97. The molecule has 0 radical (unpaired) electrons. The monoisotopic (exact) mass is 513 g/mol. The second kappa shape index (κ2) is 11.4. The van der Waals surface area contributed by atoms with Gasteiger partial charge in [0.15, 0.2) is 11.5 Å². The Kier molecular flexibility index (Phi) is 8.26. The van der Waals surface area contributed by atoms with E-state index in [1.54, 1.807) is 14.2 Å². The van der Waals surface area contributed by atoms with Crippen LogP contribution in [-0.2, 0) is 6.54 Å². The number of anilines is 2. The molecule has 0 saturated carbocycles. The number of hydrogen-bond donors (Lipinski definition) is 1. The zero-order chi connectivity index (χ0) is 25.8. The molecular weight excluding hydrogens is 478 g/mol. The van der Waals surface area contributed by atoms with Crippen LogP contribution in [0.25, 0.3) is 10.9 Å². The molecule has 2 aromatic carbocycles. The highest BCUT2D eigenvalue weighted by Crippen LogP contribution is 2.36. The van der Waals surface area contributed by atoms with E-state index >= 15 is 0 Å². The highest BCUT2D eigenvalue weighted by atomic mass is 35.5. The van der Waals surface area contributed by atoms with Gasteiger partial charge >= 0.3 is 0 Å². The molecule has 1 saturated heterocycles. The maximum absolute atomic E-state index is 6.26. The summed E-state index contributed by atoms with van der Waals surface area (Å²) in [5.74, 6) is 2.92. The van der Waals surface area contributed by atoms with Gasteiger partial charge in [-0.3, -0.25) is 4.90 Å². The van der Waals surface area contributed by atoms with Gasteiger partial charge in [-0.2, -0.15) is 0 Å². The largest absolute Gasteiger partial charge is 0.493 e. The van der Waals surface area contributed by atoms with Crippen LogP contribution in [0.5, 0.6) is 17.2 Å². The van der Waals surface area contributed by atoms with E-state index in [1.165, 1.54) is 11.3 Å². The predicted octanol–water partition coefficient (Wildman–Crippen LogP) is 5.23. The molecule has 0 amide bonds. The molecule has 194 valence electrons. The summed E-state index contributed by atoms with van der Waals surface area (Å²) in [6.45, 7) is 6.92. The van der Waals surface area contributed by atoms with Crippen molar-refractivity contribution in [1.82, 2.24) is 14.9 Å². The lowest BCUT2D eigenvalue weighted by Crippen LogP contribution is -2.39. The Morgan fingerprint density at radius 3 is 2.39 bits per heavy atom. The molecule has 1 N–H and O–H groups in total. The molecule has 36 heavy (non-hydrogen) atoms. The van der Waals surface area contributed by atoms with Crippen molar-refractivity contribution in [2.45, 2.75) is 45.4 Å². The standard InChI is InChI=1S/C27H36ClN5O3/c1-17(2)36-23-9-7-8-22(32(3)4)20(23)16-33-12-10-18(11-13-33)29-26-19-14-24(34-5)25(35-6)15-21(19)30-27(28)31-26/h7-9,14-15,17-18H,10-13,16H2,1-6H3,(H,29,30,31). The summed E-state index contributed by atoms with van der Waals surface area (Å²) in [5, 5.41) is 4.67. The minimum Gasteiger partial charge on any atom is -0.493 e. The van der Waals surface area contributed by atoms with Crippen LogP contribution in [0.2, 0.25) is 5.28 Å². The first-order chi connectivity index (χ1) is 17.3. The molecular formula is C27H36ClN5O3. The fourth-order valence-corrected chi connectivity index (χ4v) is 4.86. The number of likely N-dealkylation sites (tertiary alicyclic amines) is 1. The van der Waals surface area contributed by atoms with Gasteiger partial charge in [-0.05, 0) is 56.5 Å². The Labute approximate surface area is 218 Å². The lowest BCUT2D eigenvalue weighted by molar-refractivity contribution is 0.200. The SMILES string of the molecule is COc1cc2nc(Cl)nc(NC3CCN(Cc4c(OC(C)C)cccc4N(C)C)CC3)c2cc1OC. The Balaban J connectivity index is 1.48. The van der Waals surface area contributed by atoms with Crippen LogP contribution in [0.3, 0.4) is 0 Å². The molecule has 2 heterocycles. The van der Waals surface area contributed by atoms with Gasteiger partial charge in [-0.1, -0.05) is 6.07 Å². The van der Waals surface area contributed by atoms with Crippen LogP contribution in [0.15, 0.2) is 30.3 Å². The average molecular weight is 514 g/mol. The average Bonchev–Trinajstić information content (AvgIpc) is 2.84. The van der Waals surface area contributed by atoms with Crippen molar-refractivity contribution in [3.63, 3.8) is 0 Å². The summed E-state index contributed by atoms with van der Waals surface area (Å²) in [4.78, 5) is 13.5. The molecule has 9 heteroatoms. The van der Waals surface area contributed by atoms with Gasteiger partial charge in [-0.25, -0.2) is 9.97 Å². The van der Waals surface area contributed by atoms with Crippen molar-refractivity contribution in [3.05, 3.63) is 41.2 Å². The number of hydrogen-bond acceptors (Lipinski definition) is 8. The molecule has 0 bridgehead atoms. The molecule has 1 aromatic heterocycles. The number of halogens is 1. The molecule has 1 aliphatic heterocycles. The van der Waals surface area contributed by atoms with Crippen molar-refractivity contribution in [2.75, 3.05) is 51.6 Å². The number of aromatic nitrogens is 2. The van der Waals surface area contributed by atoms with Crippen LogP contribution in [0.1, 0.15) is 32.3 Å². The quantitative estimate of drug-likeness (QED) is 0.390. The lowest BCUT2D eigenvalue weighted by atomic mass is 10.0. The first-order valence-corrected chi connectivity index (χ1v) is 12.7. The highest BCUT2D eigenvalue weighted by Gasteiger charge is 2.23. The summed E-state index contributed by atoms with van der Waals surface area (Å²) >= 11 is 6.26. The first-order valence-electron chi connectivity index (χ1n) is 12.3. The molecule has 1 fully saturated rings. The van der Waals surface area contributed by atoms with Gasteiger partial charge in [0.05, 0.1) is 25.8 Å². The summed E-state index contributed by atoms with van der Waals surface area (Å²) in [5.41, 5.74) is 3.14. The van der Waals surface area contributed by atoms with Crippen molar-refractivity contribution >= 4 is 34.0 Å². The van der Waals surface area contributed by atoms with Crippen molar-refractivity contribution in [3.8, 4) is 17.2 Å². The summed E-state index contributed by atoms with van der Waals surface area (Å²) in [6, 6.07) is 10.3. The number of benzene rings is 2. The first kappa shape index (κ1) is 26.1. The Morgan fingerprint density at radius 2 is 1.75 bits per heavy atom. The number of methoxy groups -OCH3 is 2. The van der Waals surface area contributed by atoms with Crippen LogP contribution in [-0.4, -0.2) is 68.4 Å². The van der Waals surface area contributed by atoms with Crippen LogP contribution >= 0.6 is 11.6 Å². The molecule has 0 spiro atoms. The normalized spacial score (nSPS) is 14.8. The van der Waals surface area contributed by atoms with Crippen molar-refractivity contribution in [2.24, 2.45) is 0 Å². The molecule has 1 aliphatic rings. The van der Waals surface area contributed by atoms with Gasteiger partial charge in [-0.15, -0.1) is 0 Å². The zero-order valence-corrected chi connectivity index (χ0v) is 22.7. The van der Waals surface area contributed by atoms with E-state index in [9.17, 15) is 0 Å². The number of ether oxygens (including phenoxy) is 3. The van der Waals surface area contributed by atoms with E-state index in [4.69, 9.17) is 25.8 Å². The van der Waals surface area contributed by atoms with E-state index in [2.05, 4.69) is 71.2 Å². The fraction of sp³-hybridized carbons (Fsp3) is 0.481. The molecule has 8 nitrogen and oxygen atoms in total. The molecule has 3 aromatic rings. The van der Waals surface area contributed by atoms with Crippen LogP contribution in [0, 0.1) is 0 Å². The van der Waals surface area contributed by atoms with Gasteiger partial charge < -0.3 is 24.4 Å². The number of nitrogens with zero attached hydrogens (tertiary/aromatic N) is 4. The maximum Gasteiger partial charge on any atom is 0.224 e. The Morgan fingerprint density at radius 1 is 1.06 bits per heavy atom. The van der Waals surface area contributed by atoms with E-state index in [1.807, 2.05) is 12.1 Å². The maximum atomic E-state index is 6.26. The minimum absolute atomic E-state index is 0.129. The van der Waals surface area contributed by atoms with E-state index < -0.39 is 0 Å². The Bertz CT molecular complexity index is 1200. The van der Waals surface area contributed by atoms with Gasteiger partial charge in [0.25, 0.3) is 0 Å². The number of rotatable bonds is 9. The smallest absolute Gasteiger partial charge is 0.224 e. The third-order valence-electron chi connectivity index (χ3n) is 6.44. The third-order valence-corrected chi connectivity index (χ3v) is 6.61. The van der Waals surface area contributed by atoms with Gasteiger partial charge in [0.2, 0.25) is 5.28 Å². The predicted molar refractivity (Wildman–Crippen MR) is 146 cm³/mol. The topological polar surface area (TPSA) is 72.0 Å². The number of nitrogens with one attached hydrogen (secondary N) is 1. The second-order valence-corrected chi connectivity index (χ2v) is 9.91. The van der Waals surface area contributed by atoms with Gasteiger partial charge in [0.1, 0.15) is 11.6 Å². The van der Waals surface area contributed by atoms with Crippen molar-refractivity contribution < 1.29 is 14.2 Å². The fourth-order valence-electron chi connectivity index (χ4n) is 4.69. The summed E-state index contributed by atoms with van der Waals surface area (Å²) < 4.78 is 17.1. The van der Waals surface area contributed by atoms with Crippen molar-refractivity contribution in [1.29, 1.82) is 0 Å². The summed E-state index contributed by atoms with van der Waals surface area (Å²) in [6.07, 6.45) is 2.10. The van der Waals surface area contributed by atoms with Gasteiger partial charge in [0, 0.05) is 62.5 Å². The number of piperidine rings is 1. The molecule has 0 atom stereocenters. The third kappa shape index (κ3) is 5.87. The van der Waals surface area contributed by atoms with E-state index in [0.717, 1.165) is 49.4 Å². The number of fused-ring (bicyclic) bond motifs is 1.